The zero-order valence-electron chi connectivity index (χ0n) is 23.1. The van der Waals surface area contributed by atoms with E-state index in [9.17, 15) is 22.8 Å². The summed E-state index contributed by atoms with van der Waals surface area (Å²) in [6.07, 6.45) is -1.25. The lowest BCUT2D eigenvalue weighted by Gasteiger charge is -2.15. The Morgan fingerprint density at radius 3 is 2.37 bits per heavy atom. The van der Waals surface area contributed by atoms with Gasteiger partial charge in [-0.05, 0) is 48.9 Å². The number of hydrogen-bond acceptors (Lipinski definition) is 8. The normalized spacial score (nSPS) is 11.0. The Morgan fingerprint density at radius 2 is 1.72 bits per heavy atom. The molecule has 1 N–H and O–H groups in total. The van der Waals surface area contributed by atoms with Gasteiger partial charge in [0.15, 0.2) is 17.2 Å². The van der Waals surface area contributed by atoms with E-state index >= 15 is 0 Å². The summed E-state index contributed by atoms with van der Waals surface area (Å²) in [4.78, 5) is 35.2. The molecule has 0 fully saturated rings. The van der Waals surface area contributed by atoms with Crippen LogP contribution in [0.25, 0.3) is 22.2 Å². The number of halogens is 3. The van der Waals surface area contributed by atoms with E-state index in [4.69, 9.17) is 14.2 Å². The number of ether oxygens (including phenoxy) is 3. The van der Waals surface area contributed by atoms with Gasteiger partial charge in [-0.1, -0.05) is 12.1 Å². The molecule has 0 spiro atoms. The second-order valence-corrected chi connectivity index (χ2v) is 9.18. The SMILES string of the molecule is COc1cc2nccc(Oc3ccc(NC(=O)c4nn(CC(F)F)c(C)c(-c5ccc(F)cc5)c4=O)cc3)c2nc1OC. The maximum absolute atomic E-state index is 13.5. The largest absolute Gasteiger partial charge is 0.491 e. The Hall–Kier alpha value is -5.46. The van der Waals surface area contributed by atoms with Gasteiger partial charge in [-0.15, -0.1) is 0 Å². The first kappa shape index (κ1) is 29.0. The predicted octanol–water partition coefficient (Wildman–Crippen LogP) is 5.63. The maximum Gasteiger partial charge on any atom is 0.280 e. The summed E-state index contributed by atoms with van der Waals surface area (Å²) in [5.74, 6) is 0.00447. The highest BCUT2D eigenvalue weighted by Crippen LogP contribution is 2.34. The van der Waals surface area contributed by atoms with Crippen molar-refractivity contribution in [1.82, 2.24) is 19.7 Å². The zero-order valence-corrected chi connectivity index (χ0v) is 23.1. The van der Waals surface area contributed by atoms with Gasteiger partial charge >= 0.3 is 0 Å². The molecule has 0 saturated carbocycles. The fraction of sp³-hybridized carbons (Fsp3) is 0.167. The number of carbonyl (C=O) groups is 1. The monoisotopic (exact) mass is 591 g/mol. The second kappa shape index (κ2) is 12.2. The van der Waals surface area contributed by atoms with Gasteiger partial charge in [0, 0.05) is 29.7 Å². The summed E-state index contributed by atoms with van der Waals surface area (Å²) in [7, 11) is 2.95. The molecule has 13 heteroatoms. The second-order valence-electron chi connectivity index (χ2n) is 9.18. The lowest BCUT2D eigenvalue weighted by Crippen LogP contribution is -2.30. The van der Waals surface area contributed by atoms with E-state index < -0.39 is 35.8 Å². The third-order valence-electron chi connectivity index (χ3n) is 6.43. The van der Waals surface area contributed by atoms with Crippen molar-refractivity contribution in [3.63, 3.8) is 0 Å². The molecule has 3 aromatic heterocycles. The van der Waals surface area contributed by atoms with Crippen LogP contribution in [0.2, 0.25) is 0 Å². The Labute approximate surface area is 242 Å². The van der Waals surface area contributed by atoms with Crippen LogP contribution < -0.4 is 25.0 Å². The van der Waals surface area contributed by atoms with Gasteiger partial charge in [0.1, 0.15) is 23.6 Å². The van der Waals surface area contributed by atoms with Crippen LogP contribution in [0.1, 0.15) is 16.2 Å². The predicted molar refractivity (Wildman–Crippen MR) is 152 cm³/mol. The van der Waals surface area contributed by atoms with E-state index in [1.165, 1.54) is 45.4 Å². The minimum Gasteiger partial charge on any atom is -0.491 e. The van der Waals surface area contributed by atoms with Crippen molar-refractivity contribution in [2.45, 2.75) is 19.9 Å². The van der Waals surface area contributed by atoms with Crippen molar-refractivity contribution < 1.29 is 32.2 Å². The molecule has 1 amide bonds. The van der Waals surface area contributed by atoms with Crippen LogP contribution in [0.5, 0.6) is 23.1 Å². The summed E-state index contributed by atoms with van der Waals surface area (Å²) in [6, 6.07) is 14.4. The first-order valence-electron chi connectivity index (χ1n) is 12.8. The highest BCUT2D eigenvalue weighted by Gasteiger charge is 2.23. The number of alkyl halides is 2. The van der Waals surface area contributed by atoms with Gasteiger partial charge in [-0.2, -0.15) is 5.10 Å². The number of rotatable bonds is 9. The standard InChI is InChI=1S/C30H24F3N5O5/c1-16-25(17-4-6-18(31)7-5-17)28(39)27(37-38(16)15-24(32)33)29(40)35-19-8-10-20(11-9-19)43-22-12-13-34-21-14-23(41-2)30(42-3)36-26(21)22/h4-14,24H,15H2,1-3H3,(H,35,40). The van der Waals surface area contributed by atoms with E-state index in [0.29, 0.717) is 28.3 Å². The zero-order chi connectivity index (χ0) is 30.7. The number of benzene rings is 2. The number of pyridine rings is 2. The van der Waals surface area contributed by atoms with E-state index in [0.717, 1.165) is 16.8 Å². The van der Waals surface area contributed by atoms with Gasteiger partial charge in [0.05, 0.1) is 25.3 Å². The topological polar surface area (TPSA) is 117 Å². The quantitative estimate of drug-likeness (QED) is 0.235. The third-order valence-corrected chi connectivity index (χ3v) is 6.43. The van der Waals surface area contributed by atoms with Crippen molar-refractivity contribution in [2.75, 3.05) is 19.5 Å². The number of aromatic nitrogens is 4. The van der Waals surface area contributed by atoms with Gasteiger partial charge in [-0.25, -0.2) is 18.2 Å². The van der Waals surface area contributed by atoms with Gasteiger partial charge in [-0.3, -0.25) is 19.3 Å². The van der Waals surface area contributed by atoms with Crippen molar-refractivity contribution in [1.29, 1.82) is 0 Å². The van der Waals surface area contributed by atoms with E-state index in [-0.39, 0.29) is 28.4 Å². The molecule has 0 saturated heterocycles. The average molecular weight is 592 g/mol. The van der Waals surface area contributed by atoms with Crippen molar-refractivity contribution >= 4 is 22.6 Å². The molecule has 0 aliphatic carbocycles. The molecule has 0 atom stereocenters. The summed E-state index contributed by atoms with van der Waals surface area (Å²) in [5, 5.41) is 6.49. The molecule has 3 heterocycles. The number of methoxy groups -OCH3 is 2. The lowest BCUT2D eigenvalue weighted by atomic mass is 10.0. The minimum atomic E-state index is -2.80. The fourth-order valence-corrected chi connectivity index (χ4v) is 4.38. The van der Waals surface area contributed by atoms with Crippen LogP contribution in [0.3, 0.4) is 0 Å². The molecule has 0 aliphatic rings. The van der Waals surface area contributed by atoms with Gasteiger partial charge < -0.3 is 19.5 Å². The van der Waals surface area contributed by atoms with Crippen LogP contribution in [-0.4, -0.2) is 46.3 Å². The Kier molecular flexibility index (Phi) is 8.23. The lowest BCUT2D eigenvalue weighted by molar-refractivity contribution is 0.100. The molecule has 10 nitrogen and oxygen atoms in total. The number of anilines is 1. The maximum atomic E-state index is 13.5. The van der Waals surface area contributed by atoms with E-state index in [2.05, 4.69) is 20.4 Å². The number of amides is 1. The average Bonchev–Trinajstić information content (AvgIpc) is 2.99. The molecule has 0 bridgehead atoms. The number of nitrogens with one attached hydrogen (secondary N) is 1. The van der Waals surface area contributed by atoms with Crippen LogP contribution in [0.15, 0.2) is 71.7 Å². The van der Waals surface area contributed by atoms with Crippen LogP contribution in [0, 0.1) is 12.7 Å². The fourth-order valence-electron chi connectivity index (χ4n) is 4.38. The van der Waals surface area contributed by atoms with Crippen LogP contribution in [-0.2, 0) is 6.54 Å². The van der Waals surface area contributed by atoms with Crippen LogP contribution in [0.4, 0.5) is 18.9 Å². The van der Waals surface area contributed by atoms with Crippen molar-refractivity contribution in [2.24, 2.45) is 0 Å². The van der Waals surface area contributed by atoms with Crippen molar-refractivity contribution in [3.05, 3.63) is 94.3 Å². The molecule has 2 aromatic carbocycles. The number of nitrogens with zero attached hydrogens (tertiary/aromatic N) is 4. The molecule has 0 unspecified atom stereocenters. The van der Waals surface area contributed by atoms with E-state index in [1.807, 2.05) is 0 Å². The summed E-state index contributed by atoms with van der Waals surface area (Å²) >= 11 is 0. The molecule has 5 rings (SSSR count). The summed E-state index contributed by atoms with van der Waals surface area (Å²) < 4.78 is 57.5. The van der Waals surface area contributed by atoms with Crippen LogP contribution >= 0.6 is 0 Å². The first-order chi connectivity index (χ1) is 20.7. The molecule has 5 aromatic rings. The molecule has 43 heavy (non-hydrogen) atoms. The summed E-state index contributed by atoms with van der Waals surface area (Å²) in [5.41, 5.74) is 0.204. The van der Waals surface area contributed by atoms with Crippen molar-refractivity contribution in [3.8, 4) is 34.3 Å². The van der Waals surface area contributed by atoms with Gasteiger partial charge in [0.2, 0.25) is 5.43 Å². The Morgan fingerprint density at radius 1 is 1.00 bits per heavy atom. The van der Waals surface area contributed by atoms with E-state index in [1.54, 1.807) is 30.5 Å². The Bertz CT molecular complexity index is 1860. The highest BCUT2D eigenvalue weighted by atomic mass is 19.3. The molecular weight excluding hydrogens is 567 g/mol. The number of carbonyl (C=O) groups excluding carboxylic acids is 1. The smallest absolute Gasteiger partial charge is 0.280 e. The Balaban J connectivity index is 1.41. The minimum absolute atomic E-state index is 0.0306. The molecule has 0 aliphatic heterocycles. The van der Waals surface area contributed by atoms with Gasteiger partial charge in [0.25, 0.3) is 18.2 Å². The summed E-state index contributed by atoms with van der Waals surface area (Å²) in [6.45, 7) is 0.591. The number of fused-ring (bicyclic) bond motifs is 1. The third kappa shape index (κ3) is 6.10. The first-order valence-corrected chi connectivity index (χ1v) is 12.8. The molecular formula is C30H24F3N5O5. The molecule has 0 radical (unpaired) electrons. The number of hydrogen-bond donors (Lipinski definition) is 1. The highest BCUT2D eigenvalue weighted by molar-refractivity contribution is 6.03. The molecule has 220 valence electrons.